The van der Waals surface area contributed by atoms with Crippen molar-refractivity contribution >= 4 is 23.8 Å². The van der Waals surface area contributed by atoms with Gasteiger partial charge in [0.15, 0.2) is 23.3 Å². The monoisotopic (exact) mass is 451 g/mol. The van der Waals surface area contributed by atoms with Gasteiger partial charge in [-0.25, -0.2) is 22.5 Å². The highest BCUT2D eigenvalue weighted by molar-refractivity contribution is 6.25. The number of benzene rings is 3. The van der Waals surface area contributed by atoms with Gasteiger partial charge in [0, 0.05) is 12.0 Å². The molecule has 3 aromatic rings. The highest BCUT2D eigenvalue weighted by atomic mass is 19.2. The normalized spacial score (nSPS) is 26.8. The molecule has 2 unspecified atom stereocenters. The van der Waals surface area contributed by atoms with Crippen LogP contribution in [0.3, 0.4) is 0 Å². The van der Waals surface area contributed by atoms with Crippen LogP contribution in [0.25, 0.3) is 0 Å². The van der Waals surface area contributed by atoms with Gasteiger partial charge in [-0.3, -0.25) is 9.59 Å². The summed E-state index contributed by atoms with van der Waals surface area (Å²) in [6.45, 7) is 0. The van der Waals surface area contributed by atoms with Gasteiger partial charge in [0.25, 0.3) is 0 Å². The van der Waals surface area contributed by atoms with Crippen molar-refractivity contribution < 1.29 is 31.9 Å². The molecule has 1 heterocycles. The molecule has 3 aromatic carbocycles. The van der Waals surface area contributed by atoms with Gasteiger partial charge in [-0.1, -0.05) is 48.5 Å². The molecule has 1 fully saturated rings. The van der Waals surface area contributed by atoms with E-state index in [1.54, 1.807) is 48.5 Å². The maximum atomic E-state index is 14.6. The summed E-state index contributed by atoms with van der Waals surface area (Å²) in [6.07, 6.45) is 0.589. The van der Waals surface area contributed by atoms with Crippen molar-refractivity contribution in [2.24, 2.45) is 11.8 Å². The molecule has 4 nitrogen and oxygen atoms in total. The number of carbonyl (C=O) groups is 3. The van der Waals surface area contributed by atoms with E-state index in [0.717, 1.165) is 0 Å². The highest BCUT2D eigenvalue weighted by Gasteiger charge is 2.69. The first-order valence-electron chi connectivity index (χ1n) is 10.2. The summed E-state index contributed by atoms with van der Waals surface area (Å²) in [5, 5.41) is 0. The quantitative estimate of drug-likeness (QED) is 0.256. The predicted octanol–water partition coefficient (Wildman–Crippen LogP) is 3.99. The van der Waals surface area contributed by atoms with Gasteiger partial charge in [0.1, 0.15) is 12.0 Å². The summed E-state index contributed by atoms with van der Waals surface area (Å²) in [5.74, 6) is -12.4. The Labute approximate surface area is 184 Å². The molecule has 0 aromatic heterocycles. The van der Waals surface area contributed by atoms with E-state index in [0.29, 0.717) is 28.5 Å². The molecule has 2 atom stereocenters. The number of anilines is 1. The first-order valence-corrected chi connectivity index (χ1v) is 10.2. The van der Waals surface area contributed by atoms with Crippen LogP contribution in [0.4, 0.5) is 23.2 Å². The average molecular weight is 451 g/mol. The molecule has 0 N–H and O–H groups in total. The molecule has 2 amide bonds. The SMILES string of the molecule is O=CC12c3ccccc3C(c3ccccc31)C1C(=O)N(c3c(F)c(F)cc(F)c3F)C(=O)C12. The van der Waals surface area contributed by atoms with Gasteiger partial charge < -0.3 is 4.79 Å². The van der Waals surface area contributed by atoms with Gasteiger partial charge in [-0.2, -0.15) is 0 Å². The lowest BCUT2D eigenvalue weighted by Gasteiger charge is -2.51. The van der Waals surface area contributed by atoms with Crippen molar-refractivity contribution in [3.63, 3.8) is 0 Å². The molecule has 164 valence electrons. The van der Waals surface area contributed by atoms with Crippen molar-refractivity contribution in [1.29, 1.82) is 0 Å². The third kappa shape index (κ3) is 2.13. The standard InChI is InChI=1S/C25H13F4NO3/c26-15-9-16(27)21(29)22(20(15)28)30-23(32)18-17-11-5-1-3-7-13(11)25(10-31,19(18)24(30)33)14-8-4-2-6-12(14)17/h1-10,17-19H. The molecule has 4 aliphatic rings. The number of imide groups is 1. The minimum Gasteiger partial charge on any atom is -0.302 e. The van der Waals surface area contributed by atoms with Crippen molar-refractivity contribution in [3.05, 3.63) is 100 Å². The number of aldehydes is 1. The van der Waals surface area contributed by atoms with Crippen molar-refractivity contribution in [2.75, 3.05) is 4.90 Å². The summed E-state index contributed by atoms with van der Waals surface area (Å²) < 4.78 is 57.2. The Bertz CT molecular complexity index is 1350. The van der Waals surface area contributed by atoms with Crippen LogP contribution in [0, 0.1) is 35.1 Å². The third-order valence-corrected chi connectivity index (χ3v) is 7.18. The fraction of sp³-hybridized carbons (Fsp3) is 0.160. The van der Waals surface area contributed by atoms with Gasteiger partial charge in [0.05, 0.1) is 17.3 Å². The van der Waals surface area contributed by atoms with E-state index in [1.165, 1.54) is 0 Å². The molecular formula is C25H13F4NO3. The Hall–Kier alpha value is -3.81. The third-order valence-electron chi connectivity index (χ3n) is 7.18. The fourth-order valence-electron chi connectivity index (χ4n) is 6.01. The lowest BCUT2D eigenvalue weighted by Crippen LogP contribution is -2.54. The zero-order valence-electron chi connectivity index (χ0n) is 16.7. The summed E-state index contributed by atoms with van der Waals surface area (Å²) in [5.41, 5.74) is -0.630. The van der Waals surface area contributed by atoms with Gasteiger partial charge in [0.2, 0.25) is 11.8 Å². The second kappa shape index (κ2) is 6.37. The molecule has 0 spiro atoms. The van der Waals surface area contributed by atoms with Crippen molar-refractivity contribution in [2.45, 2.75) is 11.3 Å². The first kappa shape index (κ1) is 19.8. The molecule has 0 radical (unpaired) electrons. The van der Waals surface area contributed by atoms with Crippen LogP contribution >= 0.6 is 0 Å². The Kier molecular flexibility index (Phi) is 3.83. The summed E-state index contributed by atoms with van der Waals surface area (Å²) in [6, 6.07) is 13.7. The minimum absolute atomic E-state index is 0.00848. The summed E-state index contributed by atoms with van der Waals surface area (Å²) >= 11 is 0. The summed E-state index contributed by atoms with van der Waals surface area (Å²) in [7, 11) is 0. The fourth-order valence-corrected chi connectivity index (χ4v) is 6.01. The molecule has 1 saturated heterocycles. The van der Waals surface area contributed by atoms with Crippen LogP contribution in [0.1, 0.15) is 28.2 Å². The van der Waals surface area contributed by atoms with Crippen molar-refractivity contribution in [3.8, 4) is 0 Å². The van der Waals surface area contributed by atoms with E-state index in [-0.39, 0.29) is 11.0 Å². The Morgan fingerprint density at radius 3 is 1.82 bits per heavy atom. The van der Waals surface area contributed by atoms with Crippen LogP contribution in [0.15, 0.2) is 54.6 Å². The molecule has 3 aliphatic carbocycles. The van der Waals surface area contributed by atoms with Gasteiger partial charge in [-0.05, 0) is 22.3 Å². The highest BCUT2D eigenvalue weighted by Crippen LogP contribution is 2.63. The maximum absolute atomic E-state index is 14.6. The Morgan fingerprint density at radius 1 is 0.788 bits per heavy atom. The minimum atomic E-state index is -1.85. The Balaban J connectivity index is 1.66. The average Bonchev–Trinajstić information content (AvgIpc) is 3.09. The zero-order chi connectivity index (χ0) is 23.2. The number of hydrogen-bond acceptors (Lipinski definition) is 3. The molecule has 8 heteroatoms. The molecule has 7 rings (SSSR count). The molecule has 33 heavy (non-hydrogen) atoms. The maximum Gasteiger partial charge on any atom is 0.239 e. The van der Waals surface area contributed by atoms with Crippen molar-refractivity contribution in [1.82, 2.24) is 0 Å². The van der Waals surface area contributed by atoms with E-state index in [9.17, 15) is 31.9 Å². The van der Waals surface area contributed by atoms with E-state index >= 15 is 0 Å². The second-order valence-corrected chi connectivity index (χ2v) is 8.47. The van der Waals surface area contributed by atoms with Crippen LogP contribution in [-0.4, -0.2) is 18.1 Å². The van der Waals surface area contributed by atoms with Gasteiger partial charge in [-0.15, -0.1) is 0 Å². The largest absolute Gasteiger partial charge is 0.302 e. The number of amides is 2. The Morgan fingerprint density at radius 2 is 1.30 bits per heavy atom. The number of halogens is 4. The topological polar surface area (TPSA) is 54.5 Å². The molecular weight excluding hydrogens is 438 g/mol. The first-order chi connectivity index (χ1) is 15.8. The van der Waals surface area contributed by atoms with E-state index in [1.807, 2.05) is 0 Å². The van der Waals surface area contributed by atoms with E-state index in [4.69, 9.17) is 0 Å². The molecule has 1 aliphatic heterocycles. The van der Waals surface area contributed by atoms with Crippen LogP contribution in [-0.2, 0) is 19.8 Å². The zero-order valence-corrected chi connectivity index (χ0v) is 16.7. The van der Waals surface area contributed by atoms with Crippen LogP contribution in [0.2, 0.25) is 0 Å². The number of rotatable bonds is 2. The van der Waals surface area contributed by atoms with Gasteiger partial charge >= 0.3 is 0 Å². The molecule has 0 saturated carbocycles. The van der Waals surface area contributed by atoms with E-state index < -0.39 is 63.9 Å². The smallest absolute Gasteiger partial charge is 0.239 e. The van der Waals surface area contributed by atoms with Crippen LogP contribution in [0.5, 0.6) is 0 Å². The lowest BCUT2D eigenvalue weighted by molar-refractivity contribution is -0.128. The van der Waals surface area contributed by atoms with E-state index in [2.05, 4.69) is 0 Å². The second-order valence-electron chi connectivity index (χ2n) is 8.47. The number of carbonyl (C=O) groups excluding carboxylic acids is 3. The van der Waals surface area contributed by atoms with Crippen LogP contribution < -0.4 is 4.90 Å². The number of hydrogen-bond donors (Lipinski definition) is 0. The predicted molar refractivity (Wildman–Crippen MR) is 107 cm³/mol. The summed E-state index contributed by atoms with van der Waals surface area (Å²) in [4.78, 5) is 40.1. The lowest BCUT2D eigenvalue weighted by atomic mass is 9.48. The molecule has 2 bridgehead atoms. The number of nitrogens with zero attached hydrogens (tertiary/aromatic N) is 1.